The Balaban J connectivity index is 3.37. The topological polar surface area (TPSA) is 68.9 Å². The van der Waals surface area contributed by atoms with Gasteiger partial charge in [0.1, 0.15) is 0 Å². The predicted molar refractivity (Wildman–Crippen MR) is 52.6 cm³/mol. The highest BCUT2D eigenvalue weighted by Gasteiger charge is 2.13. The van der Waals surface area contributed by atoms with E-state index in [1.807, 2.05) is 13.8 Å². The summed E-state index contributed by atoms with van der Waals surface area (Å²) in [6.45, 7) is 3.83. The van der Waals surface area contributed by atoms with Gasteiger partial charge in [-0.3, -0.25) is 9.78 Å². The lowest BCUT2D eigenvalue weighted by atomic mass is 10.0. The fraction of sp³-hybridized carbons (Fsp3) is 0.500. The molecule has 13 heavy (non-hydrogen) atoms. The lowest BCUT2D eigenvalue weighted by molar-refractivity contribution is 0.435. The number of aromatic amines is 2. The van der Waals surface area contributed by atoms with Crippen LogP contribution >= 0.6 is 12.2 Å². The van der Waals surface area contributed by atoms with Gasteiger partial charge in [-0.25, -0.2) is 0 Å². The first kappa shape index (κ1) is 9.98. The minimum atomic E-state index is -0.310. The molecule has 0 bridgehead atoms. The van der Waals surface area contributed by atoms with E-state index < -0.39 is 0 Å². The van der Waals surface area contributed by atoms with Crippen LogP contribution in [-0.4, -0.2) is 15.1 Å². The van der Waals surface area contributed by atoms with Gasteiger partial charge in [0.15, 0.2) is 10.7 Å². The Bertz CT molecular complexity index is 407. The van der Waals surface area contributed by atoms with E-state index in [9.17, 15) is 9.90 Å². The van der Waals surface area contributed by atoms with Crippen LogP contribution in [0.25, 0.3) is 0 Å². The van der Waals surface area contributed by atoms with Gasteiger partial charge < -0.3 is 10.1 Å². The van der Waals surface area contributed by atoms with Gasteiger partial charge in [-0.2, -0.15) is 0 Å². The summed E-state index contributed by atoms with van der Waals surface area (Å²) in [5.74, 6) is -0.0984. The first-order valence-corrected chi connectivity index (χ1v) is 4.52. The van der Waals surface area contributed by atoms with E-state index in [-0.39, 0.29) is 22.1 Å². The van der Waals surface area contributed by atoms with Crippen LogP contribution in [-0.2, 0) is 0 Å². The molecular weight excluding hydrogens is 188 g/mol. The normalized spacial score (nSPS) is 12.8. The van der Waals surface area contributed by atoms with Crippen molar-refractivity contribution in [2.75, 3.05) is 0 Å². The average molecular weight is 200 g/mol. The van der Waals surface area contributed by atoms with Gasteiger partial charge in [-0.05, 0) is 24.6 Å². The lowest BCUT2D eigenvalue weighted by Crippen LogP contribution is -2.16. The third-order valence-electron chi connectivity index (χ3n) is 2.06. The molecule has 1 atom stereocenters. The number of H-pyrrole nitrogens is 2. The van der Waals surface area contributed by atoms with Crippen molar-refractivity contribution in [1.29, 1.82) is 0 Å². The number of hydrogen-bond donors (Lipinski definition) is 3. The number of aromatic hydroxyl groups is 1. The summed E-state index contributed by atoms with van der Waals surface area (Å²) in [6, 6.07) is 0. The molecule has 0 aromatic carbocycles. The molecule has 0 aliphatic carbocycles. The highest BCUT2D eigenvalue weighted by molar-refractivity contribution is 7.71. The minimum Gasteiger partial charge on any atom is -0.494 e. The molecule has 1 rings (SSSR count). The second kappa shape index (κ2) is 3.74. The third kappa shape index (κ3) is 1.98. The highest BCUT2D eigenvalue weighted by Crippen LogP contribution is 2.21. The van der Waals surface area contributed by atoms with Gasteiger partial charge in [0.25, 0.3) is 5.56 Å². The molecule has 0 aliphatic heterocycles. The van der Waals surface area contributed by atoms with Crippen molar-refractivity contribution >= 4 is 12.2 Å². The predicted octanol–water partition coefficient (Wildman–Crippen LogP) is 1.65. The lowest BCUT2D eigenvalue weighted by Gasteiger charge is -2.08. The van der Waals surface area contributed by atoms with Crippen LogP contribution in [0.2, 0.25) is 0 Å². The van der Waals surface area contributed by atoms with Crippen LogP contribution in [0.1, 0.15) is 31.7 Å². The second-order valence-electron chi connectivity index (χ2n) is 2.98. The molecule has 1 heterocycles. The summed E-state index contributed by atoms with van der Waals surface area (Å²) in [5.41, 5.74) is 0.0618. The minimum absolute atomic E-state index is 0.0237. The van der Waals surface area contributed by atoms with E-state index in [2.05, 4.69) is 9.97 Å². The zero-order valence-corrected chi connectivity index (χ0v) is 8.36. The van der Waals surface area contributed by atoms with Gasteiger partial charge in [-0.15, -0.1) is 0 Å². The first-order valence-electron chi connectivity index (χ1n) is 4.11. The van der Waals surface area contributed by atoms with Crippen molar-refractivity contribution in [3.05, 3.63) is 20.7 Å². The fourth-order valence-electron chi connectivity index (χ4n) is 1.15. The van der Waals surface area contributed by atoms with Gasteiger partial charge in [0, 0.05) is 0 Å². The second-order valence-corrected chi connectivity index (χ2v) is 3.39. The molecule has 0 fully saturated rings. The van der Waals surface area contributed by atoms with Crippen LogP contribution in [0.5, 0.6) is 5.88 Å². The number of nitrogens with one attached hydrogen (secondary N) is 2. The average Bonchev–Trinajstić information content (AvgIpc) is 2.02. The summed E-state index contributed by atoms with van der Waals surface area (Å²) < 4.78 is 0.148. The fourth-order valence-corrected chi connectivity index (χ4v) is 1.33. The van der Waals surface area contributed by atoms with Crippen molar-refractivity contribution in [2.24, 2.45) is 0 Å². The zero-order valence-electron chi connectivity index (χ0n) is 7.55. The van der Waals surface area contributed by atoms with Gasteiger partial charge in [0.2, 0.25) is 0 Å². The number of aromatic nitrogens is 2. The summed E-state index contributed by atoms with van der Waals surface area (Å²) in [4.78, 5) is 16.3. The summed E-state index contributed by atoms with van der Waals surface area (Å²) in [6.07, 6.45) is 0.793. The van der Waals surface area contributed by atoms with Crippen LogP contribution in [0.3, 0.4) is 0 Å². The Kier molecular flexibility index (Phi) is 2.87. The maximum absolute atomic E-state index is 11.4. The molecule has 3 N–H and O–H groups in total. The standard InChI is InChI=1S/C8H12N2O2S/c1-3-4(2)5-6(11)9-8(13)10-7(5)12/h4H,3H2,1-2H3,(H3,9,10,11,12,13)/t4-/m1/s1. The third-order valence-corrected chi connectivity index (χ3v) is 2.27. The molecule has 4 nitrogen and oxygen atoms in total. The highest BCUT2D eigenvalue weighted by atomic mass is 32.1. The van der Waals surface area contributed by atoms with Crippen LogP contribution < -0.4 is 5.56 Å². The van der Waals surface area contributed by atoms with E-state index in [0.717, 1.165) is 6.42 Å². The van der Waals surface area contributed by atoms with Crippen LogP contribution in [0.4, 0.5) is 0 Å². The molecule has 5 heteroatoms. The maximum atomic E-state index is 11.4. The Morgan fingerprint density at radius 2 is 2.15 bits per heavy atom. The molecule has 0 unspecified atom stereocenters. The van der Waals surface area contributed by atoms with E-state index in [0.29, 0.717) is 5.56 Å². The Morgan fingerprint density at radius 1 is 1.54 bits per heavy atom. The SMILES string of the molecule is CC[C@@H](C)c1c(O)[nH]c(=S)[nH]c1=O. The first-order chi connectivity index (χ1) is 6.06. The van der Waals surface area contributed by atoms with Crippen molar-refractivity contribution in [3.8, 4) is 5.88 Å². The van der Waals surface area contributed by atoms with Gasteiger partial charge in [0.05, 0.1) is 5.56 Å². The number of hydrogen-bond acceptors (Lipinski definition) is 3. The van der Waals surface area contributed by atoms with E-state index in [4.69, 9.17) is 12.2 Å². The quantitative estimate of drug-likeness (QED) is 0.636. The van der Waals surface area contributed by atoms with E-state index >= 15 is 0 Å². The summed E-state index contributed by atoms with van der Waals surface area (Å²) in [5, 5.41) is 9.43. The molecule has 0 amide bonds. The molecule has 72 valence electrons. The maximum Gasteiger partial charge on any atom is 0.258 e. The molecule has 1 aromatic rings. The van der Waals surface area contributed by atoms with Gasteiger partial charge in [-0.1, -0.05) is 13.8 Å². The zero-order chi connectivity index (χ0) is 10.0. The van der Waals surface area contributed by atoms with E-state index in [1.165, 1.54) is 0 Å². The van der Waals surface area contributed by atoms with Crippen molar-refractivity contribution in [3.63, 3.8) is 0 Å². The molecule has 0 saturated carbocycles. The van der Waals surface area contributed by atoms with Crippen molar-refractivity contribution in [1.82, 2.24) is 9.97 Å². The largest absolute Gasteiger partial charge is 0.494 e. The molecule has 0 spiro atoms. The Labute approximate surface area is 80.6 Å². The molecular formula is C8H12N2O2S. The van der Waals surface area contributed by atoms with Crippen molar-refractivity contribution < 1.29 is 5.11 Å². The van der Waals surface area contributed by atoms with Crippen molar-refractivity contribution in [2.45, 2.75) is 26.2 Å². The monoisotopic (exact) mass is 200 g/mol. The molecule has 0 radical (unpaired) electrons. The molecule has 0 aliphatic rings. The Morgan fingerprint density at radius 3 is 2.62 bits per heavy atom. The van der Waals surface area contributed by atoms with Gasteiger partial charge >= 0.3 is 0 Å². The Hall–Kier alpha value is -1.10. The van der Waals surface area contributed by atoms with Crippen LogP contribution in [0.15, 0.2) is 4.79 Å². The molecule has 1 aromatic heterocycles. The smallest absolute Gasteiger partial charge is 0.258 e. The van der Waals surface area contributed by atoms with E-state index in [1.54, 1.807) is 0 Å². The summed E-state index contributed by atoms with van der Waals surface area (Å²) in [7, 11) is 0. The van der Waals surface area contributed by atoms with Crippen LogP contribution in [0, 0.1) is 4.77 Å². The molecule has 0 saturated heterocycles. The number of rotatable bonds is 2. The summed E-state index contributed by atoms with van der Waals surface area (Å²) >= 11 is 4.70.